The highest BCUT2D eigenvalue weighted by Crippen LogP contribution is 2.32. The van der Waals surface area contributed by atoms with E-state index >= 15 is 0 Å². The van der Waals surface area contributed by atoms with Crippen LogP contribution < -0.4 is 22.1 Å². The maximum Gasteiger partial charge on any atom is 0.344 e. The molecular formula is C31H32ClN5O4. The molecule has 0 fully saturated rings. The summed E-state index contributed by atoms with van der Waals surface area (Å²) in [5.41, 5.74) is 12.2. The Morgan fingerprint density at radius 3 is 2.27 bits per heavy atom. The molecule has 0 aliphatic rings. The molecule has 1 amide bonds. The van der Waals surface area contributed by atoms with Crippen LogP contribution in [0.2, 0.25) is 0 Å². The van der Waals surface area contributed by atoms with E-state index in [-0.39, 0.29) is 37.3 Å². The van der Waals surface area contributed by atoms with Gasteiger partial charge in [-0.25, -0.2) is 4.79 Å². The number of benzene rings is 4. The van der Waals surface area contributed by atoms with Gasteiger partial charge in [-0.05, 0) is 53.1 Å². The lowest BCUT2D eigenvalue weighted by Gasteiger charge is -2.32. The number of esters is 1. The summed E-state index contributed by atoms with van der Waals surface area (Å²) < 4.78 is 5.36. The molecule has 4 aromatic rings. The van der Waals surface area contributed by atoms with E-state index in [0.29, 0.717) is 33.2 Å². The topological polar surface area (TPSA) is 160 Å². The third-order valence-electron chi connectivity index (χ3n) is 6.57. The molecule has 1 unspecified atom stereocenters. The molecule has 0 saturated carbocycles. The molecule has 7 N–H and O–H groups in total. The number of nitrogen functional groups attached to an aromatic ring is 1. The number of halogens is 1. The molecule has 4 aromatic carbocycles. The number of hydrogen-bond donors (Lipinski definition) is 5. The van der Waals surface area contributed by atoms with Gasteiger partial charge in [-0.15, -0.1) is 12.4 Å². The second-order valence-corrected chi connectivity index (χ2v) is 9.12. The summed E-state index contributed by atoms with van der Waals surface area (Å²) in [7, 11) is 0. The summed E-state index contributed by atoms with van der Waals surface area (Å²) in [6.07, 6.45) is 0. The third kappa shape index (κ3) is 6.54. The first-order valence-corrected chi connectivity index (χ1v) is 12.8. The first-order chi connectivity index (χ1) is 19.3. The number of carbonyl (C=O) groups excluding carboxylic acids is 3. The minimum absolute atomic E-state index is 0. The highest BCUT2D eigenvalue weighted by molar-refractivity contribution is 6.14. The standard InChI is InChI=1S/C31H31N5O4.ClH/c1-2-40-30(39)31(27(37)18-32,36-24-8-4-3-5-9-24)23-15-16-25-22(17-23)7-6-10-26(25)29(38)35-19-20-11-13-21(14-12-20)28(33)34;/h3-17,36H,2,18-19,32H2,1H3,(H3,33,34)(H,35,38);1H. The smallest absolute Gasteiger partial charge is 0.344 e. The lowest BCUT2D eigenvalue weighted by Crippen LogP contribution is -2.53. The summed E-state index contributed by atoms with van der Waals surface area (Å²) in [6.45, 7) is 1.63. The number of nitrogens with two attached hydrogens (primary N) is 2. The molecule has 212 valence electrons. The van der Waals surface area contributed by atoms with Crippen molar-refractivity contribution < 1.29 is 19.1 Å². The molecule has 1 atom stereocenters. The van der Waals surface area contributed by atoms with Crippen LogP contribution in [0.3, 0.4) is 0 Å². The lowest BCUT2D eigenvalue weighted by atomic mass is 9.83. The van der Waals surface area contributed by atoms with Crippen LogP contribution in [-0.2, 0) is 26.4 Å². The molecule has 0 spiro atoms. The highest BCUT2D eigenvalue weighted by Gasteiger charge is 2.48. The molecule has 4 rings (SSSR count). The number of ketones is 1. The van der Waals surface area contributed by atoms with Crippen molar-refractivity contribution in [3.8, 4) is 0 Å². The summed E-state index contributed by atoms with van der Waals surface area (Å²) in [4.78, 5) is 39.9. The zero-order valence-corrected chi connectivity index (χ0v) is 23.3. The van der Waals surface area contributed by atoms with Crippen molar-refractivity contribution in [2.45, 2.75) is 19.0 Å². The van der Waals surface area contributed by atoms with E-state index in [4.69, 9.17) is 21.6 Å². The first-order valence-electron chi connectivity index (χ1n) is 12.8. The van der Waals surface area contributed by atoms with Gasteiger partial charge < -0.3 is 26.8 Å². The number of para-hydroxylation sites is 1. The number of carbonyl (C=O) groups is 3. The molecule has 0 saturated heterocycles. The fraction of sp³-hybridized carbons (Fsp3) is 0.161. The molecule has 0 aliphatic carbocycles. The van der Waals surface area contributed by atoms with E-state index in [2.05, 4.69) is 10.6 Å². The van der Waals surface area contributed by atoms with Crippen molar-refractivity contribution in [2.24, 2.45) is 11.5 Å². The predicted octanol–water partition coefficient (Wildman–Crippen LogP) is 3.87. The quantitative estimate of drug-likeness (QED) is 0.0787. The maximum absolute atomic E-state index is 13.4. The number of Topliss-reactive ketones (excluding diaryl/α,β-unsaturated/α-hetero) is 1. The minimum Gasteiger partial charge on any atom is -0.464 e. The molecule has 0 aromatic heterocycles. The fourth-order valence-electron chi connectivity index (χ4n) is 4.51. The van der Waals surface area contributed by atoms with Gasteiger partial charge in [0, 0.05) is 23.4 Å². The van der Waals surface area contributed by atoms with Crippen LogP contribution in [0.1, 0.15) is 34.0 Å². The number of nitrogens with one attached hydrogen (secondary N) is 3. The Bertz CT molecular complexity index is 1560. The van der Waals surface area contributed by atoms with E-state index in [9.17, 15) is 14.4 Å². The second-order valence-electron chi connectivity index (χ2n) is 9.12. The van der Waals surface area contributed by atoms with Crippen LogP contribution in [-0.4, -0.2) is 36.6 Å². The number of amides is 1. The number of anilines is 1. The number of amidine groups is 1. The van der Waals surface area contributed by atoms with Crippen LogP contribution in [0.4, 0.5) is 5.69 Å². The van der Waals surface area contributed by atoms with E-state index in [0.717, 1.165) is 5.56 Å². The van der Waals surface area contributed by atoms with Crippen molar-refractivity contribution in [1.29, 1.82) is 5.41 Å². The van der Waals surface area contributed by atoms with E-state index in [1.54, 1.807) is 91.9 Å². The zero-order valence-electron chi connectivity index (χ0n) is 22.5. The van der Waals surface area contributed by atoms with Gasteiger partial charge in [-0.3, -0.25) is 15.0 Å². The maximum atomic E-state index is 13.4. The molecule has 0 aliphatic heterocycles. The van der Waals surface area contributed by atoms with E-state index in [1.807, 2.05) is 6.07 Å². The number of fused-ring (bicyclic) bond motifs is 1. The fourth-order valence-corrected chi connectivity index (χ4v) is 4.51. The van der Waals surface area contributed by atoms with Gasteiger partial charge in [-0.2, -0.15) is 0 Å². The van der Waals surface area contributed by atoms with Gasteiger partial charge in [0.15, 0.2) is 5.78 Å². The molecule has 10 heteroatoms. The monoisotopic (exact) mass is 573 g/mol. The highest BCUT2D eigenvalue weighted by atomic mass is 35.5. The van der Waals surface area contributed by atoms with Gasteiger partial charge in [-0.1, -0.05) is 66.7 Å². The van der Waals surface area contributed by atoms with Crippen molar-refractivity contribution in [2.75, 3.05) is 18.5 Å². The Morgan fingerprint density at radius 2 is 1.63 bits per heavy atom. The predicted molar refractivity (Wildman–Crippen MR) is 162 cm³/mol. The zero-order chi connectivity index (χ0) is 28.7. The normalized spacial score (nSPS) is 12.0. The Balaban J connectivity index is 0.00000462. The SMILES string of the molecule is CCOC(=O)C(Nc1ccccc1)(C(=O)CN)c1ccc2c(C(=O)NCc3ccc(C(=N)N)cc3)cccc2c1.Cl. The van der Waals surface area contributed by atoms with Crippen molar-refractivity contribution in [1.82, 2.24) is 5.32 Å². The molecule has 41 heavy (non-hydrogen) atoms. The van der Waals surface area contributed by atoms with Gasteiger partial charge in [0.1, 0.15) is 5.84 Å². The second kappa shape index (κ2) is 13.6. The van der Waals surface area contributed by atoms with Gasteiger partial charge >= 0.3 is 5.97 Å². The Labute approximate surface area is 244 Å². The molecule has 0 bridgehead atoms. The molecule has 0 radical (unpaired) electrons. The summed E-state index contributed by atoms with van der Waals surface area (Å²) in [5.74, 6) is -1.63. The van der Waals surface area contributed by atoms with Crippen LogP contribution >= 0.6 is 12.4 Å². The average Bonchev–Trinajstić information content (AvgIpc) is 2.98. The van der Waals surface area contributed by atoms with Crippen LogP contribution in [0.25, 0.3) is 10.8 Å². The largest absolute Gasteiger partial charge is 0.464 e. The number of ether oxygens (including phenoxy) is 1. The minimum atomic E-state index is -1.88. The number of hydrogen-bond acceptors (Lipinski definition) is 7. The van der Waals surface area contributed by atoms with Gasteiger partial charge in [0.05, 0.1) is 13.2 Å². The van der Waals surface area contributed by atoms with E-state index < -0.39 is 23.8 Å². The summed E-state index contributed by atoms with van der Waals surface area (Å²) in [6, 6.07) is 26.3. The lowest BCUT2D eigenvalue weighted by molar-refractivity contribution is -0.152. The van der Waals surface area contributed by atoms with Gasteiger partial charge in [0.25, 0.3) is 5.91 Å². The van der Waals surface area contributed by atoms with Crippen molar-refractivity contribution in [3.05, 3.63) is 113 Å². The van der Waals surface area contributed by atoms with Crippen LogP contribution in [0.15, 0.2) is 91.0 Å². The molecule has 9 nitrogen and oxygen atoms in total. The summed E-state index contributed by atoms with van der Waals surface area (Å²) >= 11 is 0. The van der Waals surface area contributed by atoms with Crippen molar-refractivity contribution in [3.63, 3.8) is 0 Å². The van der Waals surface area contributed by atoms with Crippen LogP contribution in [0, 0.1) is 5.41 Å². The Morgan fingerprint density at radius 1 is 0.927 bits per heavy atom. The summed E-state index contributed by atoms with van der Waals surface area (Å²) in [5, 5.41) is 14.8. The third-order valence-corrected chi connectivity index (χ3v) is 6.57. The number of rotatable bonds is 11. The molecular weight excluding hydrogens is 542 g/mol. The first kappa shape index (κ1) is 30.8. The van der Waals surface area contributed by atoms with E-state index in [1.165, 1.54) is 0 Å². The molecule has 0 heterocycles. The van der Waals surface area contributed by atoms with Crippen molar-refractivity contribution >= 4 is 52.4 Å². The Kier molecular flexibility index (Phi) is 10.2. The van der Waals surface area contributed by atoms with Gasteiger partial charge in [0.2, 0.25) is 5.54 Å². The Hall–Kier alpha value is -4.73. The average molecular weight is 574 g/mol. The van der Waals surface area contributed by atoms with Crippen LogP contribution in [0.5, 0.6) is 0 Å².